The first-order valence-electron chi connectivity index (χ1n) is 7.28. The van der Waals surface area contributed by atoms with Crippen LogP contribution in [-0.4, -0.2) is 10.1 Å². The molecule has 1 heterocycles. The van der Waals surface area contributed by atoms with Gasteiger partial charge in [-0.05, 0) is 51.2 Å². The molecule has 2 aromatic rings. The minimum Gasteiger partial charge on any atom is -0.346 e. The second-order valence-corrected chi connectivity index (χ2v) is 6.50. The molecule has 1 aliphatic rings. The Morgan fingerprint density at radius 1 is 1.26 bits per heavy atom. The third-order valence-corrected chi connectivity index (χ3v) is 4.82. The fraction of sp³-hybridized carbons (Fsp3) is 0.529. The third kappa shape index (κ3) is 2.18. The van der Waals surface area contributed by atoms with E-state index in [2.05, 4.69) is 62.0 Å². The van der Waals surface area contributed by atoms with E-state index in [1.807, 2.05) is 0 Å². The zero-order valence-electron chi connectivity index (χ0n) is 12.5. The average Bonchev–Trinajstić information content (AvgIpc) is 3.20. The molecule has 0 bridgehead atoms. The van der Waals surface area contributed by atoms with Crippen LogP contribution in [-0.2, 0) is 13.6 Å². The SMILES string of the molecule is Cc1c(CNC(C)(C)C2CC2)n(C)c2ccccc12. The number of hydrogen-bond donors (Lipinski definition) is 1. The van der Waals surface area contributed by atoms with E-state index < -0.39 is 0 Å². The Bertz CT molecular complexity index is 564. The van der Waals surface area contributed by atoms with Gasteiger partial charge in [0.2, 0.25) is 0 Å². The summed E-state index contributed by atoms with van der Waals surface area (Å²) >= 11 is 0. The number of rotatable bonds is 4. The molecule has 3 rings (SSSR count). The Morgan fingerprint density at radius 2 is 1.95 bits per heavy atom. The van der Waals surface area contributed by atoms with Gasteiger partial charge in [0.05, 0.1) is 0 Å². The molecule has 2 nitrogen and oxygen atoms in total. The first-order chi connectivity index (χ1) is 9.00. The van der Waals surface area contributed by atoms with Crippen molar-refractivity contribution in [3.8, 4) is 0 Å². The summed E-state index contributed by atoms with van der Waals surface area (Å²) in [4.78, 5) is 0. The summed E-state index contributed by atoms with van der Waals surface area (Å²) in [5.74, 6) is 0.863. The lowest BCUT2D eigenvalue weighted by Gasteiger charge is -2.26. The molecule has 0 radical (unpaired) electrons. The van der Waals surface area contributed by atoms with E-state index in [1.165, 1.54) is 35.0 Å². The number of nitrogens with zero attached hydrogens (tertiary/aromatic N) is 1. The number of aryl methyl sites for hydroxylation is 2. The van der Waals surface area contributed by atoms with Gasteiger partial charge in [-0.1, -0.05) is 18.2 Å². The van der Waals surface area contributed by atoms with Crippen molar-refractivity contribution in [3.63, 3.8) is 0 Å². The Kier molecular flexibility index (Phi) is 2.94. The van der Waals surface area contributed by atoms with E-state index in [4.69, 9.17) is 0 Å². The highest BCUT2D eigenvalue weighted by atomic mass is 15.0. The van der Waals surface area contributed by atoms with Gasteiger partial charge in [0.15, 0.2) is 0 Å². The van der Waals surface area contributed by atoms with Crippen molar-refractivity contribution in [2.24, 2.45) is 13.0 Å². The molecule has 1 fully saturated rings. The molecule has 2 heteroatoms. The van der Waals surface area contributed by atoms with Crippen molar-refractivity contribution >= 4 is 10.9 Å². The highest BCUT2D eigenvalue weighted by molar-refractivity contribution is 5.85. The van der Waals surface area contributed by atoms with Crippen LogP contribution >= 0.6 is 0 Å². The van der Waals surface area contributed by atoms with Crippen molar-refractivity contribution in [2.45, 2.75) is 45.7 Å². The van der Waals surface area contributed by atoms with Crippen LogP contribution in [0.1, 0.15) is 37.9 Å². The molecule has 19 heavy (non-hydrogen) atoms. The largest absolute Gasteiger partial charge is 0.346 e. The van der Waals surface area contributed by atoms with Gasteiger partial charge in [-0.3, -0.25) is 0 Å². The summed E-state index contributed by atoms with van der Waals surface area (Å²) in [6.45, 7) is 7.87. The number of para-hydroxylation sites is 1. The maximum Gasteiger partial charge on any atom is 0.0483 e. The van der Waals surface area contributed by atoms with E-state index >= 15 is 0 Å². The Morgan fingerprint density at radius 3 is 2.58 bits per heavy atom. The van der Waals surface area contributed by atoms with Gasteiger partial charge in [-0.25, -0.2) is 0 Å². The molecule has 1 N–H and O–H groups in total. The number of benzene rings is 1. The van der Waals surface area contributed by atoms with Crippen molar-refractivity contribution in [3.05, 3.63) is 35.5 Å². The standard InChI is InChI=1S/C17H24N2/c1-12-14-7-5-6-8-15(14)19(4)16(12)11-18-17(2,3)13-9-10-13/h5-8,13,18H,9-11H2,1-4H3. The lowest BCUT2D eigenvalue weighted by molar-refractivity contribution is 0.336. The molecule has 0 aliphatic heterocycles. The monoisotopic (exact) mass is 256 g/mol. The molecule has 0 unspecified atom stereocenters. The van der Waals surface area contributed by atoms with Crippen LogP contribution in [0, 0.1) is 12.8 Å². The first-order valence-corrected chi connectivity index (χ1v) is 7.28. The minimum atomic E-state index is 0.267. The average molecular weight is 256 g/mol. The maximum atomic E-state index is 3.76. The summed E-state index contributed by atoms with van der Waals surface area (Å²) < 4.78 is 2.33. The van der Waals surface area contributed by atoms with Crippen LogP contribution < -0.4 is 5.32 Å². The second-order valence-electron chi connectivity index (χ2n) is 6.50. The number of fused-ring (bicyclic) bond motifs is 1. The molecular weight excluding hydrogens is 232 g/mol. The van der Waals surface area contributed by atoms with Crippen LogP contribution in [0.5, 0.6) is 0 Å². The maximum absolute atomic E-state index is 3.76. The fourth-order valence-corrected chi connectivity index (χ4v) is 3.15. The zero-order chi connectivity index (χ0) is 13.6. The summed E-state index contributed by atoms with van der Waals surface area (Å²) in [7, 11) is 2.18. The van der Waals surface area contributed by atoms with E-state index in [0.717, 1.165) is 12.5 Å². The molecule has 1 aromatic heterocycles. The molecule has 1 aromatic carbocycles. The molecule has 1 aliphatic carbocycles. The van der Waals surface area contributed by atoms with E-state index in [-0.39, 0.29) is 5.54 Å². The number of hydrogen-bond acceptors (Lipinski definition) is 1. The summed E-state index contributed by atoms with van der Waals surface area (Å²) in [5, 5.41) is 5.14. The molecule has 0 amide bonds. The first kappa shape index (κ1) is 12.7. The van der Waals surface area contributed by atoms with Gasteiger partial charge in [0.25, 0.3) is 0 Å². The van der Waals surface area contributed by atoms with Crippen LogP contribution in [0.4, 0.5) is 0 Å². The molecule has 0 spiro atoms. The van der Waals surface area contributed by atoms with Gasteiger partial charge in [-0.2, -0.15) is 0 Å². The highest BCUT2D eigenvalue weighted by Gasteiger charge is 2.37. The zero-order valence-corrected chi connectivity index (χ0v) is 12.5. The van der Waals surface area contributed by atoms with Crippen LogP contribution in [0.2, 0.25) is 0 Å². The lowest BCUT2D eigenvalue weighted by atomic mass is 9.98. The van der Waals surface area contributed by atoms with Gasteiger partial charge in [-0.15, -0.1) is 0 Å². The van der Waals surface area contributed by atoms with Crippen molar-refractivity contribution in [1.82, 2.24) is 9.88 Å². The highest BCUT2D eigenvalue weighted by Crippen LogP contribution is 2.39. The normalized spacial score (nSPS) is 16.2. The fourth-order valence-electron chi connectivity index (χ4n) is 3.15. The van der Waals surface area contributed by atoms with Gasteiger partial charge < -0.3 is 9.88 Å². The van der Waals surface area contributed by atoms with Gasteiger partial charge >= 0.3 is 0 Å². The van der Waals surface area contributed by atoms with Crippen LogP contribution in [0.3, 0.4) is 0 Å². The van der Waals surface area contributed by atoms with Gasteiger partial charge in [0, 0.05) is 35.7 Å². The van der Waals surface area contributed by atoms with Crippen molar-refractivity contribution < 1.29 is 0 Å². The van der Waals surface area contributed by atoms with E-state index in [1.54, 1.807) is 0 Å². The third-order valence-electron chi connectivity index (χ3n) is 4.82. The molecule has 1 saturated carbocycles. The van der Waals surface area contributed by atoms with Crippen LogP contribution in [0.25, 0.3) is 10.9 Å². The second kappa shape index (κ2) is 4.38. The minimum absolute atomic E-state index is 0.267. The summed E-state index contributed by atoms with van der Waals surface area (Å²) in [6, 6.07) is 8.67. The Balaban J connectivity index is 1.88. The van der Waals surface area contributed by atoms with Crippen molar-refractivity contribution in [1.29, 1.82) is 0 Å². The molecule has 0 saturated heterocycles. The van der Waals surface area contributed by atoms with E-state index in [9.17, 15) is 0 Å². The molecule has 0 atom stereocenters. The lowest BCUT2D eigenvalue weighted by Crippen LogP contribution is -2.41. The number of aromatic nitrogens is 1. The smallest absolute Gasteiger partial charge is 0.0483 e. The summed E-state index contributed by atoms with van der Waals surface area (Å²) in [6.07, 6.45) is 2.77. The number of nitrogens with one attached hydrogen (secondary N) is 1. The Labute approximate surface area is 115 Å². The quantitative estimate of drug-likeness (QED) is 0.881. The Hall–Kier alpha value is -1.28. The molecule has 102 valence electrons. The van der Waals surface area contributed by atoms with E-state index in [0.29, 0.717) is 0 Å². The van der Waals surface area contributed by atoms with Crippen molar-refractivity contribution in [2.75, 3.05) is 0 Å². The van der Waals surface area contributed by atoms with Crippen LogP contribution in [0.15, 0.2) is 24.3 Å². The molecular formula is C17H24N2. The summed E-state index contributed by atoms with van der Waals surface area (Å²) in [5.41, 5.74) is 4.43. The predicted molar refractivity (Wildman–Crippen MR) is 81.3 cm³/mol. The van der Waals surface area contributed by atoms with Gasteiger partial charge in [0.1, 0.15) is 0 Å². The topological polar surface area (TPSA) is 17.0 Å². The predicted octanol–water partition coefficient (Wildman–Crippen LogP) is 3.76.